The molecule has 1 unspecified atom stereocenters. The molecule has 0 bridgehead atoms. The minimum Gasteiger partial charge on any atom is -0.358 e. The van der Waals surface area contributed by atoms with Crippen molar-refractivity contribution in [3.05, 3.63) is 26.5 Å². The first-order chi connectivity index (χ1) is 3.43. The second-order valence-corrected chi connectivity index (χ2v) is 2.10. The second kappa shape index (κ2) is 6.38. The average molecular weight is 166 g/mol. The van der Waals surface area contributed by atoms with Crippen LogP contribution in [0.25, 0.3) is 0 Å². The van der Waals surface area contributed by atoms with Crippen LogP contribution >= 0.6 is 0 Å². The molecule has 0 nitrogen and oxygen atoms in total. The molecule has 1 aliphatic carbocycles. The van der Waals surface area contributed by atoms with Gasteiger partial charge in [0.1, 0.15) is 0 Å². The molecule has 1 heteroatoms. The minimum atomic E-state index is 0. The first-order valence-corrected chi connectivity index (χ1v) is 2.87. The third kappa shape index (κ3) is 3.77. The van der Waals surface area contributed by atoms with Gasteiger partial charge in [-0.3, -0.25) is 0 Å². The van der Waals surface area contributed by atoms with Crippen LogP contribution in [0.5, 0.6) is 0 Å². The summed E-state index contributed by atoms with van der Waals surface area (Å²) in [7, 11) is 0. The fraction of sp³-hybridized carbons (Fsp3) is 0.500. The van der Waals surface area contributed by atoms with Gasteiger partial charge in [-0.15, -0.1) is 6.58 Å². The molecule has 0 saturated heterocycles. The molecule has 0 aromatic carbocycles. The second-order valence-electron chi connectivity index (χ2n) is 2.10. The van der Waals surface area contributed by atoms with Gasteiger partial charge in [0.05, 0.1) is 0 Å². The largest absolute Gasteiger partial charge is 2.00 e. The van der Waals surface area contributed by atoms with Crippen molar-refractivity contribution in [2.24, 2.45) is 5.92 Å². The van der Waals surface area contributed by atoms with Crippen molar-refractivity contribution in [1.29, 1.82) is 0 Å². The third-order valence-corrected chi connectivity index (χ3v) is 1.54. The molecule has 0 spiro atoms. The Hall–Kier alpha value is 0.259. The quantitative estimate of drug-likeness (QED) is 0.319. The van der Waals surface area contributed by atoms with Crippen LogP contribution in [0, 0.1) is 19.8 Å². The van der Waals surface area contributed by atoms with Crippen molar-refractivity contribution in [3.8, 4) is 0 Å². The van der Waals surface area contributed by atoms with Crippen molar-refractivity contribution >= 4 is 0 Å². The van der Waals surface area contributed by atoms with Gasteiger partial charge in [-0.25, -0.2) is 0 Å². The van der Waals surface area contributed by atoms with Crippen LogP contribution in [0.4, 0.5) is 0 Å². The van der Waals surface area contributed by atoms with Crippen LogP contribution in [0.2, 0.25) is 0 Å². The van der Waals surface area contributed by atoms with E-state index >= 15 is 0 Å². The molecule has 1 fully saturated rings. The van der Waals surface area contributed by atoms with Gasteiger partial charge in [-0.2, -0.15) is 12.8 Å². The predicted molar refractivity (Wildman–Crippen MR) is 38.3 cm³/mol. The van der Waals surface area contributed by atoms with E-state index in [1.54, 1.807) is 0 Å². The van der Waals surface area contributed by atoms with Gasteiger partial charge < -0.3 is 13.8 Å². The maximum Gasteiger partial charge on any atom is 2.00 e. The Morgan fingerprint density at radius 3 is 2.44 bits per heavy atom. The van der Waals surface area contributed by atoms with Crippen molar-refractivity contribution in [2.45, 2.75) is 19.3 Å². The van der Waals surface area contributed by atoms with Crippen molar-refractivity contribution in [3.63, 3.8) is 0 Å². The zero-order valence-corrected chi connectivity index (χ0v) is 7.02. The number of hydrogen-bond acceptors (Lipinski definition) is 0. The molecule has 54 valence electrons. The van der Waals surface area contributed by atoms with E-state index in [2.05, 4.69) is 19.1 Å². The first kappa shape index (κ1) is 12.0. The number of hydrogen-bond donors (Lipinski definition) is 0. The molecule has 1 saturated carbocycles. The van der Waals surface area contributed by atoms with Crippen molar-refractivity contribution in [1.82, 2.24) is 0 Å². The molecule has 0 aromatic rings. The molecule has 1 aliphatic rings. The molecule has 0 aromatic heterocycles. The fourth-order valence-corrected chi connectivity index (χ4v) is 0.996. The Bertz CT molecular complexity index is 63.0. The molecule has 1 rings (SSSR count). The smallest absolute Gasteiger partial charge is 0.358 e. The Morgan fingerprint density at radius 1 is 1.56 bits per heavy atom. The first-order valence-electron chi connectivity index (χ1n) is 2.87. The van der Waals surface area contributed by atoms with Gasteiger partial charge >= 0.3 is 17.1 Å². The van der Waals surface area contributed by atoms with Crippen molar-refractivity contribution < 1.29 is 17.1 Å². The summed E-state index contributed by atoms with van der Waals surface area (Å²) in [6.07, 6.45) is 8.31. The number of allylic oxidation sites excluding steroid dienone is 1. The topological polar surface area (TPSA) is 0 Å². The van der Waals surface area contributed by atoms with Gasteiger partial charge in [0.15, 0.2) is 0 Å². The zero-order valence-electron chi connectivity index (χ0n) is 5.91. The Kier molecular flexibility index (Phi) is 8.50. The van der Waals surface area contributed by atoms with E-state index in [0.29, 0.717) is 0 Å². The van der Waals surface area contributed by atoms with E-state index in [1.807, 2.05) is 0 Å². The van der Waals surface area contributed by atoms with E-state index < -0.39 is 0 Å². The van der Waals surface area contributed by atoms with Gasteiger partial charge in [0, 0.05) is 0 Å². The van der Waals surface area contributed by atoms with Crippen LogP contribution in [0.1, 0.15) is 19.3 Å². The number of rotatable bonds is 1. The van der Waals surface area contributed by atoms with Gasteiger partial charge in [0.2, 0.25) is 0 Å². The summed E-state index contributed by atoms with van der Waals surface area (Å²) in [6, 6.07) is 0. The third-order valence-electron chi connectivity index (χ3n) is 1.54. The van der Waals surface area contributed by atoms with E-state index in [0.717, 1.165) is 5.92 Å². The van der Waals surface area contributed by atoms with E-state index in [9.17, 15) is 0 Å². The summed E-state index contributed by atoms with van der Waals surface area (Å²) in [5.74, 6) is 0.806. The summed E-state index contributed by atoms with van der Waals surface area (Å²) in [4.78, 5) is 0. The summed E-state index contributed by atoms with van der Waals surface area (Å²) in [6.45, 7) is 3.72. The summed E-state index contributed by atoms with van der Waals surface area (Å²) in [5.41, 5.74) is 0. The Labute approximate surface area is 69.2 Å². The van der Waals surface area contributed by atoms with Crippen LogP contribution in [0.15, 0.2) is 12.7 Å². The van der Waals surface area contributed by atoms with Crippen LogP contribution in [-0.4, -0.2) is 0 Å². The molecule has 1 atom stereocenters. The molecule has 0 heterocycles. The molecular weight excluding hydrogens is 152 g/mol. The summed E-state index contributed by atoms with van der Waals surface area (Å²) >= 11 is 0. The van der Waals surface area contributed by atoms with Crippen LogP contribution in [-0.2, 0) is 17.1 Å². The molecule has 0 radical (unpaired) electrons. The SMILES string of the molecule is C=CC1C[CH-]CC1.[CH3-].[Fe+2]. The monoisotopic (exact) mass is 166 g/mol. The van der Waals surface area contributed by atoms with Crippen molar-refractivity contribution in [2.75, 3.05) is 0 Å². The Balaban J connectivity index is 0. The molecular formula is C8H14Fe. The molecule has 0 aliphatic heterocycles. The van der Waals surface area contributed by atoms with Gasteiger partial charge in [-0.1, -0.05) is 18.4 Å². The van der Waals surface area contributed by atoms with Crippen LogP contribution < -0.4 is 0 Å². The maximum atomic E-state index is 3.72. The van der Waals surface area contributed by atoms with E-state index in [4.69, 9.17) is 0 Å². The summed E-state index contributed by atoms with van der Waals surface area (Å²) in [5, 5.41) is 0. The standard InChI is InChI=1S/C7H11.CH3.Fe/c1-2-7-5-3-4-6-7;;/h2-3,7H,1,4-6H2;1H3;/q2*-1;+2. The average Bonchev–Trinajstić information content (AvgIpc) is 2.14. The van der Waals surface area contributed by atoms with E-state index in [1.165, 1.54) is 19.3 Å². The maximum absolute atomic E-state index is 3.72. The molecule has 9 heavy (non-hydrogen) atoms. The Morgan fingerprint density at radius 2 is 2.22 bits per heavy atom. The molecule has 0 N–H and O–H groups in total. The minimum absolute atomic E-state index is 0. The predicted octanol–water partition coefficient (Wildman–Crippen LogP) is 2.62. The summed E-state index contributed by atoms with van der Waals surface area (Å²) < 4.78 is 0. The zero-order chi connectivity index (χ0) is 5.11. The van der Waals surface area contributed by atoms with Crippen LogP contribution in [0.3, 0.4) is 0 Å². The molecule has 0 amide bonds. The van der Waals surface area contributed by atoms with E-state index in [-0.39, 0.29) is 24.5 Å². The van der Waals surface area contributed by atoms with Gasteiger partial charge in [-0.05, 0) is 0 Å². The van der Waals surface area contributed by atoms with Gasteiger partial charge in [0.25, 0.3) is 0 Å². The fourth-order valence-electron chi connectivity index (χ4n) is 0.996. The normalized spacial score (nSPS) is 23.8.